The van der Waals surface area contributed by atoms with Crippen LogP contribution in [0, 0.1) is 3.57 Å². The molecule has 2 nitrogen and oxygen atoms in total. The third kappa shape index (κ3) is 3.06. The maximum absolute atomic E-state index is 15.3. The van der Waals surface area contributed by atoms with Crippen LogP contribution in [0.5, 0.6) is 0 Å². The molecule has 1 aromatic rings. The molecule has 0 aromatic heterocycles. The highest BCUT2D eigenvalue weighted by atomic mass is 127. The van der Waals surface area contributed by atoms with Crippen LogP contribution in [-0.2, 0) is 12.1 Å². The van der Waals surface area contributed by atoms with Crippen molar-refractivity contribution in [1.82, 2.24) is 0 Å². The minimum absolute atomic E-state index is 0.161. The molecular formula is C18H11F11IO2-. The Bertz CT molecular complexity index is 913. The fraction of sp³-hybridized carbons (Fsp3) is 0.500. The quantitative estimate of drug-likeness (QED) is 0.188. The van der Waals surface area contributed by atoms with Crippen molar-refractivity contribution in [3.05, 3.63) is 45.0 Å². The van der Waals surface area contributed by atoms with Gasteiger partial charge in [-0.15, -0.1) is 6.58 Å². The number of carboxylic acid groups (broad SMARTS) is 1. The molecule has 1 aliphatic carbocycles. The average molecular weight is 595 g/mol. The third-order valence-electron chi connectivity index (χ3n) is 5.08. The second-order valence-electron chi connectivity index (χ2n) is 6.99. The largest absolute Gasteiger partial charge is 0.545 e. The minimum Gasteiger partial charge on any atom is -0.545 e. The Kier molecular flexibility index (Phi) is 6.43. The Balaban J connectivity index is 2.91. The Morgan fingerprint density at radius 2 is 1.31 bits per heavy atom. The first-order valence-electron chi connectivity index (χ1n) is 8.50. The van der Waals surface area contributed by atoms with Gasteiger partial charge in [0.2, 0.25) is 0 Å². The van der Waals surface area contributed by atoms with Crippen LogP contribution in [0.3, 0.4) is 0 Å². The van der Waals surface area contributed by atoms with Crippen LogP contribution < -0.4 is 5.11 Å². The molecule has 0 aliphatic heterocycles. The third-order valence-corrected chi connectivity index (χ3v) is 5.97. The summed E-state index contributed by atoms with van der Waals surface area (Å²) < 4.78 is 153. The van der Waals surface area contributed by atoms with Crippen molar-refractivity contribution in [3.8, 4) is 0 Å². The smallest absolute Gasteiger partial charge is 0.384 e. The summed E-state index contributed by atoms with van der Waals surface area (Å²) in [6, 6.07) is 0.221. The van der Waals surface area contributed by atoms with Gasteiger partial charge in [-0.05, 0) is 59.5 Å². The number of carbonyl (C=O) groups is 1. The fourth-order valence-corrected chi connectivity index (χ4v) is 4.17. The molecule has 0 heterocycles. The van der Waals surface area contributed by atoms with Crippen LogP contribution in [0.4, 0.5) is 48.3 Å². The molecule has 1 aromatic carbocycles. The molecule has 0 unspecified atom stereocenters. The average Bonchev–Trinajstić information content (AvgIpc) is 2.65. The number of rotatable bonds is 6. The molecule has 0 saturated heterocycles. The molecule has 0 atom stereocenters. The Morgan fingerprint density at radius 3 is 1.72 bits per heavy atom. The van der Waals surface area contributed by atoms with Gasteiger partial charge < -0.3 is 9.90 Å². The zero-order valence-electron chi connectivity index (χ0n) is 15.4. The number of halogens is 12. The highest BCUT2D eigenvalue weighted by Crippen LogP contribution is 2.72. The summed E-state index contributed by atoms with van der Waals surface area (Å²) in [5, 5.41) is 11.3. The van der Waals surface area contributed by atoms with Crippen molar-refractivity contribution in [1.29, 1.82) is 0 Å². The predicted octanol–water partition coefficient (Wildman–Crippen LogP) is 5.52. The number of aryl methyl sites for hydroxylation is 1. The number of unbranched alkanes of at least 4 members (excludes halogenated alkanes) is 1. The van der Waals surface area contributed by atoms with Crippen LogP contribution in [0.2, 0.25) is 0 Å². The summed E-state index contributed by atoms with van der Waals surface area (Å²) in [4.78, 5) is 11.3. The number of benzene rings is 1. The van der Waals surface area contributed by atoms with E-state index in [9.17, 15) is 53.8 Å². The van der Waals surface area contributed by atoms with E-state index < -0.39 is 55.9 Å². The highest BCUT2D eigenvalue weighted by Gasteiger charge is 3.01. The highest BCUT2D eigenvalue weighted by molar-refractivity contribution is 14.1. The number of carboxylic acids is 1. The predicted molar refractivity (Wildman–Crippen MR) is 94.1 cm³/mol. The van der Waals surface area contributed by atoms with Crippen molar-refractivity contribution < 1.29 is 58.2 Å². The van der Waals surface area contributed by atoms with Crippen LogP contribution in [-0.4, -0.2) is 35.6 Å². The molecular weight excluding hydrogens is 584 g/mol. The molecule has 180 valence electrons. The normalized spacial score (nSPS) is 24.0. The molecule has 14 heteroatoms. The van der Waals surface area contributed by atoms with Gasteiger partial charge in [0.1, 0.15) is 0 Å². The van der Waals surface area contributed by atoms with Gasteiger partial charge in [0.15, 0.2) is 0 Å². The van der Waals surface area contributed by atoms with Gasteiger partial charge in [0.05, 0.1) is 5.97 Å². The summed E-state index contributed by atoms with van der Waals surface area (Å²) in [5.41, 5.74) is -10.3. The lowest BCUT2D eigenvalue weighted by atomic mass is 9.68. The first kappa shape index (κ1) is 26.6. The van der Waals surface area contributed by atoms with E-state index in [0.717, 1.165) is 22.6 Å². The summed E-state index contributed by atoms with van der Waals surface area (Å²) in [7, 11) is 0. The van der Waals surface area contributed by atoms with E-state index in [4.69, 9.17) is 0 Å². The topological polar surface area (TPSA) is 40.1 Å². The number of allylic oxidation sites excluding steroid dienone is 1. The molecule has 2 rings (SSSR count). The van der Waals surface area contributed by atoms with Crippen molar-refractivity contribution in [2.24, 2.45) is 0 Å². The first-order valence-corrected chi connectivity index (χ1v) is 9.58. The van der Waals surface area contributed by atoms with E-state index in [1.165, 1.54) is 6.08 Å². The summed E-state index contributed by atoms with van der Waals surface area (Å²) >= 11 is 0.848. The van der Waals surface area contributed by atoms with Crippen LogP contribution in [0.25, 0.3) is 0 Å². The molecule has 0 bridgehead atoms. The standard InChI is InChI=1S/C18H12F11IO2/c1-2-3-4-5-8-6-11(30)10(7-9(8)12(31)32)13(19)14(20,21)16(24,25)18(28,29)17(26,27)15(13,22)23/h2,6-7H,1,3-5H2,(H,31,32)/p-1. The van der Waals surface area contributed by atoms with Gasteiger partial charge in [-0.25, -0.2) is 4.39 Å². The second kappa shape index (κ2) is 7.72. The van der Waals surface area contributed by atoms with Crippen LogP contribution >= 0.6 is 22.6 Å². The van der Waals surface area contributed by atoms with Crippen molar-refractivity contribution in [2.75, 3.05) is 0 Å². The van der Waals surface area contributed by atoms with E-state index in [1.807, 2.05) is 0 Å². The minimum atomic E-state index is -7.35. The second-order valence-corrected chi connectivity index (χ2v) is 8.15. The number of hydrogen-bond donors (Lipinski definition) is 0. The van der Waals surface area contributed by atoms with Gasteiger partial charge >= 0.3 is 29.6 Å². The molecule has 0 amide bonds. The van der Waals surface area contributed by atoms with Crippen molar-refractivity contribution >= 4 is 28.6 Å². The molecule has 32 heavy (non-hydrogen) atoms. The van der Waals surface area contributed by atoms with Gasteiger partial charge in [0, 0.05) is 14.7 Å². The van der Waals surface area contributed by atoms with E-state index >= 15 is 4.39 Å². The van der Waals surface area contributed by atoms with Gasteiger partial charge in [0.25, 0.3) is 5.67 Å². The molecule has 1 saturated carbocycles. The summed E-state index contributed by atoms with van der Waals surface area (Å²) in [5.74, 6) is -38.4. The molecule has 0 N–H and O–H groups in total. The Hall–Kier alpha value is -1.61. The Labute approximate surface area is 186 Å². The molecule has 1 fully saturated rings. The van der Waals surface area contributed by atoms with E-state index in [-0.39, 0.29) is 30.9 Å². The zero-order chi connectivity index (χ0) is 25.1. The number of carbonyl (C=O) groups excluding carboxylic acids is 1. The zero-order valence-corrected chi connectivity index (χ0v) is 17.6. The van der Waals surface area contributed by atoms with Crippen molar-refractivity contribution in [2.45, 2.75) is 54.5 Å². The van der Waals surface area contributed by atoms with E-state index in [1.54, 1.807) is 0 Å². The maximum atomic E-state index is 15.3. The van der Waals surface area contributed by atoms with E-state index in [0.29, 0.717) is 6.07 Å². The Morgan fingerprint density at radius 1 is 0.875 bits per heavy atom. The first-order chi connectivity index (χ1) is 14.3. The van der Waals surface area contributed by atoms with Crippen molar-refractivity contribution in [3.63, 3.8) is 0 Å². The lowest BCUT2D eigenvalue weighted by molar-refractivity contribution is -0.489. The van der Waals surface area contributed by atoms with Gasteiger partial charge in [-0.3, -0.25) is 0 Å². The monoisotopic (exact) mass is 595 g/mol. The van der Waals surface area contributed by atoms with Gasteiger partial charge in [-0.1, -0.05) is 6.08 Å². The molecule has 1 aliphatic rings. The van der Waals surface area contributed by atoms with Crippen LogP contribution in [0.15, 0.2) is 24.8 Å². The SMILES string of the molecule is C=CCCCc1cc(I)c(C2(F)C(F)(F)C(F)(F)C(F)(F)C(F)(F)C2(F)F)cc1C(=O)[O-]. The lowest BCUT2D eigenvalue weighted by Crippen LogP contribution is -2.82. The van der Waals surface area contributed by atoms with Crippen LogP contribution in [0.1, 0.15) is 34.3 Å². The summed E-state index contributed by atoms with van der Waals surface area (Å²) in [6.07, 6.45) is 1.64. The number of aromatic carboxylic acids is 1. The maximum Gasteiger partial charge on any atom is 0.384 e. The number of hydrogen-bond acceptors (Lipinski definition) is 2. The van der Waals surface area contributed by atoms with E-state index in [2.05, 4.69) is 6.58 Å². The molecule has 0 radical (unpaired) electrons. The van der Waals surface area contributed by atoms with Gasteiger partial charge in [-0.2, -0.15) is 43.9 Å². The number of alkyl halides is 11. The molecule has 0 spiro atoms. The fourth-order valence-electron chi connectivity index (χ4n) is 3.27. The lowest BCUT2D eigenvalue weighted by Gasteiger charge is -2.52. The summed E-state index contributed by atoms with van der Waals surface area (Å²) in [6.45, 7) is 3.37.